The summed E-state index contributed by atoms with van der Waals surface area (Å²) in [4.78, 5) is 56.3. The molecule has 244 valence electrons. The van der Waals surface area contributed by atoms with Crippen LogP contribution in [0, 0.1) is 5.92 Å². The van der Waals surface area contributed by atoms with Crippen LogP contribution in [0.25, 0.3) is 0 Å². The van der Waals surface area contributed by atoms with Gasteiger partial charge in [0.1, 0.15) is 5.25 Å². The predicted molar refractivity (Wildman–Crippen MR) is 172 cm³/mol. The van der Waals surface area contributed by atoms with Gasteiger partial charge in [-0.1, -0.05) is 58.4 Å². The molecule has 2 N–H and O–H groups in total. The Labute approximate surface area is 283 Å². The minimum atomic E-state index is -4.68. The molecule has 2 unspecified atom stereocenters. The van der Waals surface area contributed by atoms with Crippen LogP contribution in [0.2, 0.25) is 10.0 Å². The van der Waals surface area contributed by atoms with E-state index in [-0.39, 0.29) is 33.7 Å². The third kappa shape index (κ3) is 6.47. The van der Waals surface area contributed by atoms with Crippen LogP contribution in [0.1, 0.15) is 28.8 Å². The van der Waals surface area contributed by atoms with Crippen molar-refractivity contribution in [3.63, 3.8) is 0 Å². The number of hydrogen-bond donors (Lipinski definition) is 2. The third-order valence-corrected chi connectivity index (χ3v) is 10.6. The molecule has 16 heteroatoms. The molecule has 0 aliphatic carbocycles. The number of ether oxygens (including phenoxy) is 2. The van der Waals surface area contributed by atoms with E-state index in [0.29, 0.717) is 26.2 Å². The van der Waals surface area contributed by atoms with Gasteiger partial charge in [-0.15, -0.1) is 0 Å². The summed E-state index contributed by atoms with van der Waals surface area (Å²) in [6.45, 7) is 1.56. The lowest BCUT2D eigenvalue weighted by Crippen LogP contribution is -2.32. The van der Waals surface area contributed by atoms with Crippen molar-refractivity contribution in [1.82, 2.24) is 4.98 Å². The molecule has 1 saturated heterocycles. The second-order valence-corrected chi connectivity index (χ2v) is 13.4. The Hall–Kier alpha value is -3.98. The number of imide groups is 1. The van der Waals surface area contributed by atoms with E-state index in [1.807, 2.05) is 0 Å². The van der Waals surface area contributed by atoms with Gasteiger partial charge in [-0.3, -0.25) is 19.2 Å². The van der Waals surface area contributed by atoms with Gasteiger partial charge in [-0.05, 0) is 61.0 Å². The summed E-state index contributed by atoms with van der Waals surface area (Å²) in [7, 11) is 0. The summed E-state index contributed by atoms with van der Waals surface area (Å²) in [6, 6.07) is 13.4. The number of thiazole rings is 1. The van der Waals surface area contributed by atoms with Gasteiger partial charge in [0.15, 0.2) is 18.1 Å². The zero-order valence-electron chi connectivity index (χ0n) is 24.0. The van der Waals surface area contributed by atoms with E-state index >= 15 is 0 Å². The Balaban J connectivity index is 1.31. The highest BCUT2D eigenvalue weighted by Crippen LogP contribution is 2.54. The topological polar surface area (TPSA) is 118 Å². The lowest BCUT2D eigenvalue weighted by atomic mass is 9.83. The van der Waals surface area contributed by atoms with Gasteiger partial charge in [-0.2, -0.15) is 13.2 Å². The Kier molecular flexibility index (Phi) is 9.04. The lowest BCUT2D eigenvalue weighted by molar-refractivity contribution is -0.137. The second kappa shape index (κ2) is 12.9. The second-order valence-electron chi connectivity index (χ2n) is 10.4. The van der Waals surface area contributed by atoms with Gasteiger partial charge >= 0.3 is 11.0 Å². The molecular weight excluding hydrogens is 702 g/mol. The van der Waals surface area contributed by atoms with Crippen LogP contribution >= 0.6 is 46.3 Å². The number of amides is 3. The molecule has 3 atom stereocenters. The molecule has 47 heavy (non-hydrogen) atoms. The molecule has 0 saturated carbocycles. The molecular formula is C31H22Cl2F3N3O6S2. The minimum absolute atomic E-state index is 0.196. The quantitative estimate of drug-likeness (QED) is 0.189. The van der Waals surface area contributed by atoms with E-state index in [2.05, 4.69) is 10.3 Å². The monoisotopic (exact) mass is 723 g/mol. The summed E-state index contributed by atoms with van der Waals surface area (Å²) in [6.07, 6.45) is -4.68. The molecule has 1 fully saturated rings. The molecule has 6 rings (SSSR count). The van der Waals surface area contributed by atoms with Crippen molar-refractivity contribution in [2.24, 2.45) is 5.92 Å². The molecule has 3 heterocycles. The van der Waals surface area contributed by atoms with Crippen LogP contribution in [0.4, 0.5) is 24.5 Å². The summed E-state index contributed by atoms with van der Waals surface area (Å²) >= 11 is 13.8. The first-order valence-corrected chi connectivity index (χ1v) is 16.4. The molecule has 1 aromatic heterocycles. The van der Waals surface area contributed by atoms with Crippen molar-refractivity contribution in [2.45, 2.75) is 29.3 Å². The number of nitrogens with zero attached hydrogens (tertiary/aromatic N) is 1. The number of aromatic amines is 1. The van der Waals surface area contributed by atoms with Crippen LogP contribution < -0.4 is 24.6 Å². The fourth-order valence-electron chi connectivity index (χ4n) is 5.47. The smallest absolute Gasteiger partial charge is 0.416 e. The Morgan fingerprint density at radius 1 is 0.979 bits per heavy atom. The summed E-state index contributed by atoms with van der Waals surface area (Å²) < 4.78 is 52.0. The highest BCUT2D eigenvalue weighted by Gasteiger charge is 2.56. The van der Waals surface area contributed by atoms with Gasteiger partial charge in [-0.25, -0.2) is 4.90 Å². The molecule has 2 aliphatic heterocycles. The van der Waals surface area contributed by atoms with Crippen molar-refractivity contribution in [3.8, 4) is 11.5 Å². The van der Waals surface area contributed by atoms with Gasteiger partial charge in [0.25, 0.3) is 5.91 Å². The zero-order valence-corrected chi connectivity index (χ0v) is 27.2. The van der Waals surface area contributed by atoms with E-state index in [1.54, 1.807) is 31.2 Å². The Morgan fingerprint density at radius 3 is 2.49 bits per heavy atom. The third-order valence-electron chi connectivity index (χ3n) is 7.44. The van der Waals surface area contributed by atoms with E-state index in [4.69, 9.17) is 32.7 Å². The number of anilines is 2. The highest BCUT2D eigenvalue weighted by atomic mass is 35.5. The SMILES string of the molecule is CCOc1cc([C@H]2c3sc(=O)[nH]c3SC3C(=O)N(c4cccc(C(F)(F)F)c4)C(=O)C32)ccc1OCC(=O)Nc1ccc(Cl)c(Cl)c1. The number of nitrogens with one attached hydrogen (secondary N) is 2. The van der Waals surface area contributed by atoms with Crippen LogP contribution in [-0.2, 0) is 20.6 Å². The Morgan fingerprint density at radius 2 is 1.77 bits per heavy atom. The number of carbonyl (C=O) groups excluding carboxylic acids is 3. The summed E-state index contributed by atoms with van der Waals surface area (Å²) in [5.41, 5.74) is -0.284. The maximum absolute atomic E-state index is 14.0. The predicted octanol–water partition coefficient (Wildman–Crippen LogP) is 6.97. The fraction of sp³-hybridized carbons (Fsp3) is 0.226. The van der Waals surface area contributed by atoms with Gasteiger partial charge in [0.05, 0.1) is 38.8 Å². The summed E-state index contributed by atoms with van der Waals surface area (Å²) in [5, 5.41) is 2.63. The number of halogens is 5. The van der Waals surface area contributed by atoms with Gasteiger partial charge < -0.3 is 19.8 Å². The minimum Gasteiger partial charge on any atom is -0.490 e. The van der Waals surface area contributed by atoms with Crippen molar-refractivity contribution < 1.29 is 37.0 Å². The van der Waals surface area contributed by atoms with Gasteiger partial charge in [0.2, 0.25) is 11.8 Å². The largest absolute Gasteiger partial charge is 0.490 e. The van der Waals surface area contributed by atoms with E-state index < -0.39 is 53.2 Å². The number of hydrogen-bond acceptors (Lipinski definition) is 8. The van der Waals surface area contributed by atoms with Crippen LogP contribution in [0.5, 0.6) is 11.5 Å². The van der Waals surface area contributed by atoms with Crippen molar-refractivity contribution in [1.29, 1.82) is 0 Å². The van der Waals surface area contributed by atoms with Crippen LogP contribution in [-0.4, -0.2) is 41.2 Å². The number of aromatic nitrogens is 1. The highest BCUT2D eigenvalue weighted by molar-refractivity contribution is 8.00. The average molecular weight is 725 g/mol. The molecule has 0 spiro atoms. The number of thioether (sulfide) groups is 1. The first-order chi connectivity index (χ1) is 22.3. The van der Waals surface area contributed by atoms with E-state index in [1.165, 1.54) is 18.2 Å². The Bertz CT molecular complexity index is 1970. The molecule has 3 amide bonds. The first kappa shape index (κ1) is 32.9. The maximum Gasteiger partial charge on any atom is 0.416 e. The van der Waals surface area contributed by atoms with Crippen LogP contribution in [0.15, 0.2) is 70.5 Å². The zero-order chi connectivity index (χ0) is 33.6. The number of benzene rings is 3. The van der Waals surface area contributed by atoms with Crippen molar-refractivity contribution in [3.05, 3.63) is 96.4 Å². The molecule has 4 aromatic rings. The number of H-pyrrole nitrogens is 1. The number of carbonyl (C=O) groups is 3. The van der Waals surface area contributed by atoms with Crippen LogP contribution in [0.3, 0.4) is 0 Å². The number of fused-ring (bicyclic) bond motifs is 2. The number of alkyl halides is 3. The molecule has 3 aromatic carbocycles. The van der Waals surface area contributed by atoms with Crippen molar-refractivity contribution >= 4 is 75.4 Å². The number of rotatable bonds is 8. The van der Waals surface area contributed by atoms with Crippen molar-refractivity contribution in [2.75, 3.05) is 23.4 Å². The molecule has 2 aliphatic rings. The average Bonchev–Trinajstić information content (AvgIpc) is 3.52. The summed E-state index contributed by atoms with van der Waals surface area (Å²) in [5.74, 6) is -3.29. The fourth-order valence-corrected chi connectivity index (χ4v) is 8.29. The van der Waals surface area contributed by atoms with Gasteiger partial charge in [0, 0.05) is 16.5 Å². The van der Waals surface area contributed by atoms with E-state index in [9.17, 15) is 32.3 Å². The standard InChI is InChI=1S/C31H22Cl2F3N3O6S2/c1-2-44-21-10-14(6-9-20(21)45-13-22(40)37-16-7-8-18(32)19(33)12-16)23-24-26(46-27-25(23)47-30(43)38-27)29(42)39(28(24)41)17-5-3-4-15(11-17)31(34,35)36/h3-12,23-24,26H,2,13H2,1H3,(H,37,40)(H,38,43)/t23-,24?,26?/m1/s1. The molecule has 0 bridgehead atoms. The lowest BCUT2D eigenvalue weighted by Gasteiger charge is -2.30. The normalized spacial score (nSPS) is 18.9. The van der Waals surface area contributed by atoms with E-state index in [0.717, 1.165) is 46.2 Å². The first-order valence-electron chi connectivity index (χ1n) is 13.9. The maximum atomic E-state index is 14.0. The molecule has 9 nitrogen and oxygen atoms in total. The molecule has 0 radical (unpaired) electrons.